The number of hydrogen-bond donors (Lipinski definition) is 2. The van der Waals surface area contributed by atoms with Crippen LogP contribution in [-0.2, 0) is 6.54 Å². The van der Waals surface area contributed by atoms with Crippen molar-refractivity contribution in [3.63, 3.8) is 0 Å². The van der Waals surface area contributed by atoms with Gasteiger partial charge in [0.2, 0.25) is 0 Å². The van der Waals surface area contributed by atoms with Crippen molar-refractivity contribution in [1.29, 1.82) is 0 Å². The number of nitrogens with zero attached hydrogens (tertiary/aromatic N) is 3. The van der Waals surface area contributed by atoms with Gasteiger partial charge in [0.1, 0.15) is 0 Å². The van der Waals surface area contributed by atoms with E-state index >= 15 is 0 Å². The van der Waals surface area contributed by atoms with Crippen LogP contribution >= 0.6 is 0 Å². The number of carbonyl (C=O) groups excluding carboxylic acids is 1. The maximum absolute atomic E-state index is 12.7. The number of benzene rings is 1. The molecule has 2 atom stereocenters. The number of H-pyrrole nitrogens is 1. The van der Waals surface area contributed by atoms with E-state index in [0.717, 1.165) is 38.2 Å². The lowest BCUT2D eigenvalue weighted by molar-refractivity contribution is 0.142. The molecular formula is C19H25N5O. The molecule has 4 rings (SSSR count). The van der Waals surface area contributed by atoms with Crippen molar-refractivity contribution in [2.45, 2.75) is 44.3 Å². The molecular weight excluding hydrogens is 314 g/mol. The van der Waals surface area contributed by atoms with Gasteiger partial charge in [-0.3, -0.25) is 10.00 Å². The highest BCUT2D eigenvalue weighted by Crippen LogP contribution is 2.31. The topological polar surface area (TPSA) is 64.3 Å². The lowest BCUT2D eigenvalue weighted by atomic mass is 10.0. The third-order valence-corrected chi connectivity index (χ3v) is 5.40. The minimum atomic E-state index is -0.00420. The standard InChI is InChI=1S/C19H25N5O/c25-19(22-16-12-20-21-13-16)24-11-5-9-18(24)17-8-4-10-23(17)14-15-6-2-1-3-7-15/h1-3,6-7,12-13,17-18H,4-5,8-11,14H2,(H,20,21)(H,22,25)/t17-,18-/m0/s1. The lowest BCUT2D eigenvalue weighted by Crippen LogP contribution is -2.49. The SMILES string of the molecule is O=C(Nc1cn[nH]c1)N1CCC[C@H]1[C@@H]1CCCN1Cc1ccccc1. The number of nitrogens with one attached hydrogen (secondary N) is 2. The number of anilines is 1. The number of likely N-dealkylation sites (tertiary alicyclic amines) is 2. The summed E-state index contributed by atoms with van der Waals surface area (Å²) in [4.78, 5) is 17.3. The first kappa shape index (κ1) is 16.1. The number of urea groups is 1. The van der Waals surface area contributed by atoms with E-state index in [-0.39, 0.29) is 6.03 Å². The highest BCUT2D eigenvalue weighted by atomic mass is 16.2. The van der Waals surface area contributed by atoms with E-state index in [4.69, 9.17) is 0 Å². The van der Waals surface area contributed by atoms with Crippen LogP contribution in [0.5, 0.6) is 0 Å². The molecule has 2 fully saturated rings. The zero-order chi connectivity index (χ0) is 17.1. The summed E-state index contributed by atoms with van der Waals surface area (Å²) in [6.07, 6.45) is 7.91. The van der Waals surface area contributed by atoms with Crippen LogP contribution in [0.1, 0.15) is 31.2 Å². The van der Waals surface area contributed by atoms with Crippen LogP contribution in [0.4, 0.5) is 10.5 Å². The molecule has 2 aromatic rings. The van der Waals surface area contributed by atoms with E-state index in [1.165, 1.54) is 18.4 Å². The summed E-state index contributed by atoms with van der Waals surface area (Å²) in [7, 11) is 0. The van der Waals surface area contributed by atoms with Crippen molar-refractivity contribution in [3.8, 4) is 0 Å². The second kappa shape index (κ2) is 7.27. The summed E-state index contributed by atoms with van der Waals surface area (Å²) >= 11 is 0. The molecule has 2 aliphatic rings. The first-order chi connectivity index (χ1) is 12.3. The van der Waals surface area contributed by atoms with E-state index < -0.39 is 0 Å². The largest absolute Gasteiger partial charge is 0.322 e. The number of aromatic nitrogens is 2. The predicted octanol–water partition coefficient (Wildman–Crippen LogP) is 3.07. The molecule has 2 N–H and O–H groups in total. The van der Waals surface area contributed by atoms with Gasteiger partial charge in [0, 0.05) is 31.4 Å². The average Bonchev–Trinajstić information content (AvgIpc) is 3.36. The normalized spacial score (nSPS) is 23.9. The van der Waals surface area contributed by atoms with Gasteiger partial charge in [-0.15, -0.1) is 0 Å². The van der Waals surface area contributed by atoms with Gasteiger partial charge < -0.3 is 10.2 Å². The van der Waals surface area contributed by atoms with Crippen LogP contribution in [0.3, 0.4) is 0 Å². The summed E-state index contributed by atoms with van der Waals surface area (Å²) in [5.74, 6) is 0. The van der Waals surface area contributed by atoms with Crippen molar-refractivity contribution in [2.75, 3.05) is 18.4 Å². The maximum Gasteiger partial charge on any atom is 0.322 e. The molecule has 0 radical (unpaired) electrons. The smallest absolute Gasteiger partial charge is 0.320 e. The molecule has 6 heteroatoms. The summed E-state index contributed by atoms with van der Waals surface area (Å²) < 4.78 is 0. The number of aromatic amines is 1. The summed E-state index contributed by atoms with van der Waals surface area (Å²) in [6.45, 7) is 2.93. The fourth-order valence-electron chi connectivity index (χ4n) is 4.26. The molecule has 6 nitrogen and oxygen atoms in total. The van der Waals surface area contributed by atoms with Gasteiger partial charge in [-0.25, -0.2) is 4.79 Å². The predicted molar refractivity (Wildman–Crippen MR) is 97.2 cm³/mol. The molecule has 0 unspecified atom stereocenters. The van der Waals surface area contributed by atoms with Gasteiger partial charge in [-0.2, -0.15) is 5.10 Å². The molecule has 2 amide bonds. The molecule has 132 valence electrons. The van der Waals surface area contributed by atoms with Crippen LogP contribution in [-0.4, -0.2) is 51.2 Å². The number of amides is 2. The van der Waals surface area contributed by atoms with E-state index in [0.29, 0.717) is 12.1 Å². The van der Waals surface area contributed by atoms with Gasteiger partial charge in [0.25, 0.3) is 0 Å². The first-order valence-electron chi connectivity index (χ1n) is 9.15. The molecule has 0 bridgehead atoms. The molecule has 1 aromatic heterocycles. The molecule has 0 aliphatic carbocycles. The van der Waals surface area contributed by atoms with E-state index in [1.807, 2.05) is 4.90 Å². The summed E-state index contributed by atoms with van der Waals surface area (Å²) in [6, 6.07) is 11.4. The lowest BCUT2D eigenvalue weighted by Gasteiger charge is -2.35. The number of rotatable bonds is 4. The molecule has 25 heavy (non-hydrogen) atoms. The molecule has 3 heterocycles. The Hall–Kier alpha value is -2.34. The maximum atomic E-state index is 12.7. The second-order valence-corrected chi connectivity index (χ2v) is 6.99. The van der Waals surface area contributed by atoms with Crippen LogP contribution < -0.4 is 5.32 Å². The van der Waals surface area contributed by atoms with Crippen molar-refractivity contribution in [1.82, 2.24) is 20.0 Å². The van der Waals surface area contributed by atoms with Crippen molar-refractivity contribution < 1.29 is 4.79 Å². The van der Waals surface area contributed by atoms with Crippen LogP contribution in [0.2, 0.25) is 0 Å². The van der Waals surface area contributed by atoms with Crippen molar-refractivity contribution in [3.05, 3.63) is 48.3 Å². The van der Waals surface area contributed by atoms with E-state index in [2.05, 4.69) is 50.7 Å². The Morgan fingerprint density at radius 1 is 1.16 bits per heavy atom. The van der Waals surface area contributed by atoms with Crippen LogP contribution in [0.15, 0.2) is 42.7 Å². The highest BCUT2D eigenvalue weighted by molar-refractivity contribution is 5.89. The van der Waals surface area contributed by atoms with Gasteiger partial charge in [0.15, 0.2) is 0 Å². The Bertz CT molecular complexity index is 687. The number of hydrogen-bond acceptors (Lipinski definition) is 3. The fraction of sp³-hybridized carbons (Fsp3) is 0.474. The summed E-state index contributed by atoms with van der Waals surface area (Å²) in [5, 5.41) is 9.58. The van der Waals surface area contributed by atoms with Gasteiger partial charge in [-0.05, 0) is 37.8 Å². The molecule has 0 spiro atoms. The minimum Gasteiger partial charge on any atom is -0.320 e. The fourth-order valence-corrected chi connectivity index (χ4v) is 4.26. The second-order valence-electron chi connectivity index (χ2n) is 6.99. The Balaban J connectivity index is 1.44. The molecule has 2 saturated heterocycles. The van der Waals surface area contributed by atoms with E-state index in [9.17, 15) is 4.79 Å². The Morgan fingerprint density at radius 2 is 1.96 bits per heavy atom. The van der Waals surface area contributed by atoms with Gasteiger partial charge >= 0.3 is 6.03 Å². The zero-order valence-electron chi connectivity index (χ0n) is 14.4. The van der Waals surface area contributed by atoms with Gasteiger partial charge in [0.05, 0.1) is 11.9 Å². The highest BCUT2D eigenvalue weighted by Gasteiger charge is 2.39. The minimum absolute atomic E-state index is 0.00420. The first-order valence-corrected chi connectivity index (χ1v) is 9.15. The average molecular weight is 339 g/mol. The zero-order valence-corrected chi connectivity index (χ0v) is 14.4. The summed E-state index contributed by atoms with van der Waals surface area (Å²) in [5.41, 5.74) is 2.07. The van der Waals surface area contributed by atoms with Gasteiger partial charge in [-0.1, -0.05) is 30.3 Å². The van der Waals surface area contributed by atoms with Crippen molar-refractivity contribution >= 4 is 11.7 Å². The Labute approximate surface area is 148 Å². The van der Waals surface area contributed by atoms with Crippen LogP contribution in [0, 0.1) is 0 Å². The quantitative estimate of drug-likeness (QED) is 0.900. The van der Waals surface area contributed by atoms with E-state index in [1.54, 1.807) is 12.4 Å². The number of carbonyl (C=O) groups is 1. The Morgan fingerprint density at radius 3 is 2.76 bits per heavy atom. The Kier molecular flexibility index (Phi) is 4.70. The molecule has 1 aromatic carbocycles. The monoisotopic (exact) mass is 339 g/mol. The van der Waals surface area contributed by atoms with Crippen molar-refractivity contribution in [2.24, 2.45) is 0 Å². The molecule has 0 saturated carbocycles. The van der Waals surface area contributed by atoms with Crippen LogP contribution in [0.25, 0.3) is 0 Å². The third kappa shape index (κ3) is 3.54. The third-order valence-electron chi connectivity index (χ3n) is 5.40. The molecule has 2 aliphatic heterocycles.